The highest BCUT2D eigenvalue weighted by molar-refractivity contribution is 6.25. The molecule has 0 bridgehead atoms. The average molecular weight is 776 g/mol. The molecular formula is C58H37N3. The van der Waals surface area contributed by atoms with Gasteiger partial charge in [-0.3, -0.25) is 0 Å². The smallest absolute Gasteiger partial charge is 0.160 e. The van der Waals surface area contributed by atoms with Crippen molar-refractivity contribution < 1.29 is 0 Å². The van der Waals surface area contributed by atoms with Crippen LogP contribution in [0.4, 0.5) is 0 Å². The lowest BCUT2D eigenvalue weighted by Gasteiger charge is -2.16. The zero-order chi connectivity index (χ0) is 40.3. The van der Waals surface area contributed by atoms with Crippen molar-refractivity contribution in [3.05, 3.63) is 224 Å². The molecule has 0 atom stereocenters. The van der Waals surface area contributed by atoms with Crippen molar-refractivity contribution in [1.29, 1.82) is 0 Å². The van der Waals surface area contributed by atoms with E-state index in [1.165, 1.54) is 54.2 Å². The summed E-state index contributed by atoms with van der Waals surface area (Å²) in [5.74, 6) is 0.688. The second kappa shape index (κ2) is 14.3. The van der Waals surface area contributed by atoms with Gasteiger partial charge in [-0.25, -0.2) is 9.97 Å². The van der Waals surface area contributed by atoms with Crippen molar-refractivity contribution in [2.45, 2.75) is 0 Å². The van der Waals surface area contributed by atoms with Crippen molar-refractivity contribution >= 4 is 54.1 Å². The summed E-state index contributed by atoms with van der Waals surface area (Å²) in [6, 6.07) is 80.6. The third-order valence-electron chi connectivity index (χ3n) is 12.2. The third kappa shape index (κ3) is 5.98. The zero-order valence-electron chi connectivity index (χ0n) is 33.2. The van der Waals surface area contributed by atoms with Gasteiger partial charge in [0.15, 0.2) is 5.82 Å². The van der Waals surface area contributed by atoms with E-state index in [9.17, 15) is 0 Å². The predicted molar refractivity (Wildman–Crippen MR) is 256 cm³/mol. The molecule has 3 nitrogen and oxygen atoms in total. The van der Waals surface area contributed by atoms with Gasteiger partial charge in [0, 0.05) is 33.2 Å². The number of nitrogens with zero attached hydrogens (tertiary/aromatic N) is 3. The van der Waals surface area contributed by atoms with E-state index in [0.29, 0.717) is 5.82 Å². The van der Waals surface area contributed by atoms with Crippen LogP contribution in [0.3, 0.4) is 0 Å². The van der Waals surface area contributed by atoms with Crippen molar-refractivity contribution in [3.63, 3.8) is 0 Å². The Balaban J connectivity index is 1.11. The average Bonchev–Trinajstić information content (AvgIpc) is 3.69. The maximum Gasteiger partial charge on any atom is 0.160 e. The molecule has 0 unspecified atom stereocenters. The molecule has 12 aromatic rings. The summed E-state index contributed by atoms with van der Waals surface area (Å²) >= 11 is 0. The van der Waals surface area contributed by atoms with E-state index >= 15 is 0 Å². The molecule has 10 aromatic carbocycles. The molecule has 61 heavy (non-hydrogen) atoms. The standard InChI is InChI=1S/C58H37N3/c1-3-15-38(16-4-1)39-27-29-40(30-28-39)54-37-55(60-58(59-54)41-17-5-2-6-18-41)44-33-43(34-45(35-44)61-56-25-13-11-23-51(56)52-24-12-14-26-57(52)61)42-31-32-50-48-21-8-7-19-46(48)47-20-9-10-22-49(47)53(50)36-42/h1-37H. The number of aromatic nitrogens is 3. The van der Waals surface area contributed by atoms with Crippen LogP contribution in [0.2, 0.25) is 0 Å². The van der Waals surface area contributed by atoms with Crippen LogP contribution in [0.1, 0.15) is 0 Å². The molecule has 0 radical (unpaired) electrons. The fourth-order valence-corrected chi connectivity index (χ4v) is 9.27. The molecule has 3 heteroatoms. The Kier molecular flexibility index (Phi) is 8.17. The van der Waals surface area contributed by atoms with Crippen LogP contribution in [-0.4, -0.2) is 14.5 Å². The highest BCUT2D eigenvalue weighted by Gasteiger charge is 2.18. The summed E-state index contributed by atoms with van der Waals surface area (Å²) in [5.41, 5.74) is 12.8. The molecule has 2 heterocycles. The van der Waals surface area contributed by atoms with Crippen molar-refractivity contribution in [2.24, 2.45) is 0 Å². The first-order valence-corrected chi connectivity index (χ1v) is 20.8. The van der Waals surface area contributed by atoms with Crippen LogP contribution in [0.15, 0.2) is 224 Å². The van der Waals surface area contributed by atoms with Crippen LogP contribution in [0, 0.1) is 0 Å². The Morgan fingerprint density at radius 2 is 0.672 bits per heavy atom. The Bertz CT molecular complexity index is 3540. The first-order chi connectivity index (χ1) is 30.2. The van der Waals surface area contributed by atoms with Crippen LogP contribution >= 0.6 is 0 Å². The molecule has 0 saturated heterocycles. The lowest BCUT2D eigenvalue weighted by molar-refractivity contribution is 1.16. The minimum Gasteiger partial charge on any atom is -0.309 e. The van der Waals surface area contributed by atoms with Gasteiger partial charge in [0.1, 0.15) is 0 Å². The summed E-state index contributed by atoms with van der Waals surface area (Å²) in [6.45, 7) is 0. The summed E-state index contributed by atoms with van der Waals surface area (Å²) in [7, 11) is 0. The maximum absolute atomic E-state index is 5.35. The van der Waals surface area contributed by atoms with E-state index in [1.54, 1.807) is 0 Å². The predicted octanol–water partition coefficient (Wildman–Crippen LogP) is 15.4. The van der Waals surface area contributed by atoms with Gasteiger partial charge in [0.05, 0.1) is 22.4 Å². The molecule has 0 amide bonds. The molecule has 0 spiro atoms. The van der Waals surface area contributed by atoms with Gasteiger partial charge >= 0.3 is 0 Å². The second-order valence-electron chi connectivity index (χ2n) is 15.8. The largest absolute Gasteiger partial charge is 0.309 e. The summed E-state index contributed by atoms with van der Waals surface area (Å²) in [5, 5.41) is 10.0. The quantitative estimate of drug-likeness (QED) is 0.158. The van der Waals surface area contributed by atoms with Crippen LogP contribution < -0.4 is 0 Å². The lowest BCUT2D eigenvalue weighted by Crippen LogP contribution is -1.99. The molecule has 0 saturated carbocycles. The monoisotopic (exact) mass is 775 g/mol. The fraction of sp³-hybridized carbons (Fsp3) is 0. The molecule has 2 aromatic heterocycles. The molecule has 0 aliphatic heterocycles. The number of para-hydroxylation sites is 2. The minimum atomic E-state index is 0.688. The minimum absolute atomic E-state index is 0.688. The van der Waals surface area contributed by atoms with Gasteiger partial charge < -0.3 is 4.57 Å². The topological polar surface area (TPSA) is 30.7 Å². The van der Waals surface area contributed by atoms with Crippen LogP contribution in [-0.2, 0) is 0 Å². The Morgan fingerprint density at radius 1 is 0.246 bits per heavy atom. The summed E-state index contributed by atoms with van der Waals surface area (Å²) < 4.78 is 2.41. The third-order valence-corrected chi connectivity index (χ3v) is 12.2. The molecule has 12 rings (SSSR count). The Labute approximate surface area is 353 Å². The van der Waals surface area contributed by atoms with Gasteiger partial charge in [-0.05, 0) is 97.0 Å². The van der Waals surface area contributed by atoms with Crippen molar-refractivity contribution in [3.8, 4) is 61.8 Å². The first-order valence-electron chi connectivity index (χ1n) is 20.8. The highest BCUT2D eigenvalue weighted by atomic mass is 15.0. The zero-order valence-corrected chi connectivity index (χ0v) is 33.2. The second-order valence-corrected chi connectivity index (χ2v) is 15.8. The summed E-state index contributed by atoms with van der Waals surface area (Å²) in [4.78, 5) is 10.6. The fourth-order valence-electron chi connectivity index (χ4n) is 9.27. The molecule has 0 aliphatic carbocycles. The van der Waals surface area contributed by atoms with Gasteiger partial charge in [0.2, 0.25) is 0 Å². The number of rotatable bonds is 6. The van der Waals surface area contributed by atoms with Crippen LogP contribution in [0.25, 0.3) is 116 Å². The SMILES string of the molecule is c1ccc(-c2ccc(-c3cc(-c4cc(-c5ccc6c7ccccc7c7ccccc7c6c5)cc(-n5c6ccccc6c6ccccc65)c4)nc(-c4ccccc4)n3)cc2)cc1. The van der Waals surface area contributed by atoms with E-state index in [4.69, 9.17) is 9.97 Å². The van der Waals surface area contributed by atoms with E-state index in [0.717, 1.165) is 55.9 Å². The van der Waals surface area contributed by atoms with Gasteiger partial charge in [-0.1, -0.05) is 182 Å². The number of fused-ring (bicyclic) bond motifs is 9. The highest BCUT2D eigenvalue weighted by Crippen LogP contribution is 2.40. The van der Waals surface area contributed by atoms with Gasteiger partial charge in [-0.2, -0.15) is 0 Å². The van der Waals surface area contributed by atoms with E-state index in [2.05, 4.69) is 211 Å². The molecule has 0 fully saturated rings. The van der Waals surface area contributed by atoms with E-state index < -0.39 is 0 Å². The number of hydrogen-bond acceptors (Lipinski definition) is 2. The molecular weight excluding hydrogens is 739 g/mol. The lowest BCUT2D eigenvalue weighted by atomic mass is 9.91. The molecule has 284 valence electrons. The van der Waals surface area contributed by atoms with Gasteiger partial charge in [0.25, 0.3) is 0 Å². The van der Waals surface area contributed by atoms with Crippen LogP contribution in [0.5, 0.6) is 0 Å². The Hall–Kier alpha value is -8.14. The summed E-state index contributed by atoms with van der Waals surface area (Å²) in [6.07, 6.45) is 0. The maximum atomic E-state index is 5.35. The van der Waals surface area contributed by atoms with E-state index in [-0.39, 0.29) is 0 Å². The number of benzene rings is 10. The molecule has 0 aliphatic rings. The molecule has 0 N–H and O–H groups in total. The number of hydrogen-bond donors (Lipinski definition) is 0. The normalized spacial score (nSPS) is 11.6. The van der Waals surface area contributed by atoms with E-state index in [1.807, 2.05) is 18.2 Å². The Morgan fingerprint density at radius 3 is 1.28 bits per heavy atom. The van der Waals surface area contributed by atoms with Crippen molar-refractivity contribution in [1.82, 2.24) is 14.5 Å². The van der Waals surface area contributed by atoms with Gasteiger partial charge in [-0.15, -0.1) is 0 Å². The van der Waals surface area contributed by atoms with Crippen molar-refractivity contribution in [2.75, 3.05) is 0 Å². The first kappa shape index (κ1) is 34.9.